The number of hydrogen-bond donors (Lipinski definition) is 1. The second-order valence-electron chi connectivity index (χ2n) is 5.42. The van der Waals surface area contributed by atoms with Gasteiger partial charge in [-0.1, -0.05) is 12.1 Å². The maximum Gasteiger partial charge on any atom is 0.450 e. The summed E-state index contributed by atoms with van der Waals surface area (Å²) < 4.78 is 41.4. The zero-order valence-corrected chi connectivity index (χ0v) is 11.9. The minimum Gasteiger partial charge on any atom is -0.444 e. The fourth-order valence-electron chi connectivity index (χ4n) is 1.41. The van der Waals surface area contributed by atoms with Crippen LogP contribution in [-0.4, -0.2) is 23.7 Å². The molecule has 0 aromatic heterocycles. The van der Waals surface area contributed by atoms with Crippen molar-refractivity contribution in [2.75, 3.05) is 5.32 Å². The van der Waals surface area contributed by atoms with Crippen LogP contribution >= 0.6 is 0 Å². The molecule has 1 aromatic carbocycles. The number of anilines is 1. The lowest BCUT2D eigenvalue weighted by atomic mass is 10.1. The van der Waals surface area contributed by atoms with E-state index in [9.17, 15) is 22.8 Å². The first-order valence-electron chi connectivity index (χ1n) is 6.16. The summed E-state index contributed by atoms with van der Waals surface area (Å²) in [6, 6.07) is 5.50. The van der Waals surface area contributed by atoms with Gasteiger partial charge in [-0.2, -0.15) is 13.2 Å². The molecule has 21 heavy (non-hydrogen) atoms. The Morgan fingerprint density at radius 3 is 2.05 bits per heavy atom. The van der Waals surface area contributed by atoms with Crippen molar-refractivity contribution in [2.24, 2.45) is 0 Å². The summed E-state index contributed by atoms with van der Waals surface area (Å²) in [5.74, 6) is -1.81. The van der Waals surface area contributed by atoms with Gasteiger partial charge in [0.2, 0.25) is 5.78 Å². The van der Waals surface area contributed by atoms with Gasteiger partial charge in [0.15, 0.2) is 0 Å². The highest BCUT2D eigenvalue weighted by molar-refractivity contribution is 5.87. The topological polar surface area (TPSA) is 55.4 Å². The van der Waals surface area contributed by atoms with E-state index in [0.29, 0.717) is 5.69 Å². The zero-order chi connectivity index (χ0) is 16.3. The lowest BCUT2D eigenvalue weighted by Crippen LogP contribution is -2.27. The van der Waals surface area contributed by atoms with Crippen molar-refractivity contribution in [1.29, 1.82) is 0 Å². The lowest BCUT2D eigenvalue weighted by molar-refractivity contribution is -0.170. The van der Waals surface area contributed by atoms with Crippen LogP contribution in [0.25, 0.3) is 0 Å². The highest BCUT2D eigenvalue weighted by Gasteiger charge is 2.37. The van der Waals surface area contributed by atoms with Crippen molar-refractivity contribution < 1.29 is 27.5 Å². The Labute approximate surface area is 120 Å². The van der Waals surface area contributed by atoms with Gasteiger partial charge < -0.3 is 4.74 Å². The van der Waals surface area contributed by atoms with Gasteiger partial charge in [0, 0.05) is 12.1 Å². The SMILES string of the molecule is CC(C)(C)OC(=O)Nc1ccc(CC(=O)C(F)(F)F)cc1. The Morgan fingerprint density at radius 2 is 1.62 bits per heavy atom. The van der Waals surface area contributed by atoms with E-state index >= 15 is 0 Å². The van der Waals surface area contributed by atoms with Gasteiger partial charge in [-0.25, -0.2) is 4.79 Å². The molecule has 1 N–H and O–H groups in total. The third-order valence-corrected chi connectivity index (χ3v) is 2.28. The van der Waals surface area contributed by atoms with Crippen molar-refractivity contribution in [3.05, 3.63) is 29.8 Å². The molecule has 1 amide bonds. The highest BCUT2D eigenvalue weighted by Crippen LogP contribution is 2.20. The number of nitrogens with one attached hydrogen (secondary N) is 1. The van der Waals surface area contributed by atoms with Crippen molar-refractivity contribution in [2.45, 2.75) is 39.0 Å². The number of benzene rings is 1. The van der Waals surface area contributed by atoms with E-state index in [-0.39, 0.29) is 5.56 Å². The third-order valence-electron chi connectivity index (χ3n) is 2.28. The maximum atomic E-state index is 12.1. The number of rotatable bonds is 3. The first kappa shape index (κ1) is 17.0. The number of amides is 1. The van der Waals surface area contributed by atoms with E-state index in [1.54, 1.807) is 20.8 Å². The molecule has 0 saturated heterocycles. The van der Waals surface area contributed by atoms with Crippen LogP contribution in [0.1, 0.15) is 26.3 Å². The molecule has 1 aromatic rings. The molecule has 0 aliphatic heterocycles. The van der Waals surface area contributed by atoms with Gasteiger partial charge in [0.1, 0.15) is 5.60 Å². The van der Waals surface area contributed by atoms with E-state index in [1.807, 2.05) is 0 Å². The van der Waals surface area contributed by atoms with E-state index in [4.69, 9.17) is 4.74 Å². The van der Waals surface area contributed by atoms with Crippen LogP contribution in [-0.2, 0) is 16.0 Å². The summed E-state index contributed by atoms with van der Waals surface area (Å²) in [5.41, 5.74) is -0.0668. The number of ketones is 1. The van der Waals surface area contributed by atoms with Crippen LogP contribution in [0.2, 0.25) is 0 Å². The van der Waals surface area contributed by atoms with Crippen LogP contribution in [0.5, 0.6) is 0 Å². The average Bonchev–Trinajstić information content (AvgIpc) is 2.27. The summed E-state index contributed by atoms with van der Waals surface area (Å²) in [5, 5.41) is 2.44. The Morgan fingerprint density at radius 1 is 1.10 bits per heavy atom. The number of hydrogen-bond acceptors (Lipinski definition) is 3. The van der Waals surface area contributed by atoms with Gasteiger partial charge in [-0.05, 0) is 38.5 Å². The normalized spacial score (nSPS) is 11.9. The molecular weight excluding hydrogens is 287 g/mol. The second-order valence-corrected chi connectivity index (χ2v) is 5.42. The van der Waals surface area contributed by atoms with Crippen molar-refractivity contribution >= 4 is 17.6 Å². The Hall–Kier alpha value is -2.05. The third kappa shape index (κ3) is 6.29. The molecule has 0 fully saturated rings. The maximum absolute atomic E-state index is 12.1. The summed E-state index contributed by atoms with van der Waals surface area (Å²) in [6.07, 6.45) is -6.23. The van der Waals surface area contributed by atoms with Gasteiger partial charge in [-0.15, -0.1) is 0 Å². The molecule has 1 rings (SSSR count). The highest BCUT2D eigenvalue weighted by atomic mass is 19.4. The number of ether oxygens (including phenoxy) is 1. The summed E-state index contributed by atoms with van der Waals surface area (Å²) >= 11 is 0. The molecule has 7 heteroatoms. The molecule has 0 aliphatic carbocycles. The number of Topliss-reactive ketones (excluding diaryl/α,β-unsaturated/α-hetero) is 1. The van der Waals surface area contributed by atoms with Crippen molar-refractivity contribution in [3.63, 3.8) is 0 Å². The van der Waals surface area contributed by atoms with E-state index in [2.05, 4.69) is 5.32 Å². The van der Waals surface area contributed by atoms with E-state index in [1.165, 1.54) is 24.3 Å². The van der Waals surface area contributed by atoms with Crippen LogP contribution in [0, 0.1) is 0 Å². The molecule has 0 radical (unpaired) electrons. The van der Waals surface area contributed by atoms with Gasteiger partial charge in [0.25, 0.3) is 0 Å². The first-order chi connectivity index (χ1) is 9.47. The number of carbonyl (C=O) groups is 2. The molecular formula is C14H16F3NO3. The standard InChI is InChI=1S/C14H16F3NO3/c1-13(2,3)21-12(20)18-10-6-4-9(5-7-10)8-11(19)14(15,16)17/h4-7H,8H2,1-3H3,(H,18,20). The summed E-state index contributed by atoms with van der Waals surface area (Å²) in [6.45, 7) is 5.12. The number of alkyl halides is 3. The molecule has 0 heterocycles. The smallest absolute Gasteiger partial charge is 0.444 e. The molecule has 0 aliphatic rings. The van der Waals surface area contributed by atoms with Crippen molar-refractivity contribution in [1.82, 2.24) is 0 Å². The summed E-state index contributed by atoms with van der Waals surface area (Å²) in [7, 11) is 0. The molecule has 4 nitrogen and oxygen atoms in total. The zero-order valence-electron chi connectivity index (χ0n) is 11.9. The number of carbonyl (C=O) groups excluding carboxylic acids is 2. The van der Waals surface area contributed by atoms with E-state index < -0.39 is 30.1 Å². The Balaban J connectivity index is 2.63. The second kappa shape index (κ2) is 6.15. The van der Waals surface area contributed by atoms with Crippen LogP contribution in [0.3, 0.4) is 0 Å². The molecule has 116 valence electrons. The van der Waals surface area contributed by atoms with Crippen LogP contribution in [0.15, 0.2) is 24.3 Å². The molecule has 0 unspecified atom stereocenters. The Bertz CT molecular complexity index is 516. The van der Waals surface area contributed by atoms with Gasteiger partial charge in [0.05, 0.1) is 0 Å². The predicted molar refractivity (Wildman–Crippen MR) is 71.1 cm³/mol. The quantitative estimate of drug-likeness (QED) is 0.926. The monoisotopic (exact) mass is 303 g/mol. The van der Waals surface area contributed by atoms with E-state index in [0.717, 1.165) is 0 Å². The van der Waals surface area contributed by atoms with Crippen LogP contribution in [0.4, 0.5) is 23.7 Å². The molecule has 0 spiro atoms. The van der Waals surface area contributed by atoms with Crippen LogP contribution < -0.4 is 5.32 Å². The lowest BCUT2D eigenvalue weighted by Gasteiger charge is -2.19. The predicted octanol–water partition coefficient (Wildman–Crippen LogP) is 3.71. The largest absolute Gasteiger partial charge is 0.450 e. The number of halogens is 3. The minimum atomic E-state index is -4.84. The fraction of sp³-hybridized carbons (Fsp3) is 0.429. The molecule has 0 atom stereocenters. The summed E-state index contributed by atoms with van der Waals surface area (Å²) in [4.78, 5) is 22.3. The Kier molecular flexibility index (Phi) is 4.98. The molecule has 0 bridgehead atoms. The first-order valence-corrected chi connectivity index (χ1v) is 6.16. The van der Waals surface area contributed by atoms with Crippen molar-refractivity contribution in [3.8, 4) is 0 Å². The minimum absolute atomic E-state index is 0.215. The van der Waals surface area contributed by atoms with Gasteiger partial charge in [-0.3, -0.25) is 10.1 Å². The fourth-order valence-corrected chi connectivity index (χ4v) is 1.41. The van der Waals surface area contributed by atoms with Gasteiger partial charge >= 0.3 is 12.3 Å². The average molecular weight is 303 g/mol. The molecule has 0 saturated carbocycles.